The zero-order valence-corrected chi connectivity index (χ0v) is 14.1. The van der Waals surface area contributed by atoms with Crippen LogP contribution < -0.4 is 5.32 Å². The van der Waals surface area contributed by atoms with E-state index in [9.17, 15) is 14.0 Å². The van der Waals surface area contributed by atoms with Gasteiger partial charge in [0.2, 0.25) is 0 Å². The van der Waals surface area contributed by atoms with Crippen LogP contribution in [0.1, 0.15) is 19.4 Å². The summed E-state index contributed by atoms with van der Waals surface area (Å²) in [6.07, 6.45) is 0. The Kier molecular flexibility index (Phi) is 5.57. The summed E-state index contributed by atoms with van der Waals surface area (Å²) >= 11 is 5.64. The van der Waals surface area contributed by atoms with Crippen molar-refractivity contribution in [2.24, 2.45) is 0 Å². The molecule has 0 bridgehead atoms. The highest BCUT2D eigenvalue weighted by Gasteiger charge is 2.31. The number of ether oxygens (including phenoxy) is 1. The average Bonchev–Trinajstić information content (AvgIpc) is 2.56. The van der Waals surface area contributed by atoms with Gasteiger partial charge in [-0.2, -0.15) is 0 Å². The molecule has 0 saturated heterocycles. The molecule has 0 heterocycles. The average molecular weight is 350 g/mol. The van der Waals surface area contributed by atoms with Crippen LogP contribution >= 0.6 is 11.6 Å². The minimum Gasteiger partial charge on any atom is -0.455 e. The number of carbonyl (C=O) groups is 2. The highest BCUT2D eigenvalue weighted by Crippen LogP contribution is 2.24. The molecular weight excluding hydrogens is 333 g/mol. The number of esters is 1. The number of hydrogen-bond acceptors (Lipinski definition) is 3. The Morgan fingerprint density at radius 1 is 1.17 bits per heavy atom. The van der Waals surface area contributed by atoms with E-state index in [4.69, 9.17) is 16.3 Å². The van der Waals surface area contributed by atoms with Gasteiger partial charge in [-0.25, -0.2) is 4.39 Å². The van der Waals surface area contributed by atoms with E-state index in [0.717, 1.165) is 11.6 Å². The quantitative estimate of drug-likeness (QED) is 0.832. The first-order valence-electron chi connectivity index (χ1n) is 7.28. The number of amides is 1. The lowest BCUT2D eigenvalue weighted by Gasteiger charge is -2.22. The van der Waals surface area contributed by atoms with Gasteiger partial charge in [0, 0.05) is 5.69 Å². The van der Waals surface area contributed by atoms with Crippen molar-refractivity contribution < 1.29 is 18.7 Å². The molecule has 0 unspecified atom stereocenters. The fraction of sp³-hybridized carbons (Fsp3) is 0.222. The second-order valence-electron chi connectivity index (χ2n) is 5.74. The first-order valence-corrected chi connectivity index (χ1v) is 7.66. The monoisotopic (exact) mass is 349 g/mol. The fourth-order valence-corrected chi connectivity index (χ4v) is 2.24. The van der Waals surface area contributed by atoms with Crippen molar-refractivity contribution in [2.75, 3.05) is 11.9 Å². The van der Waals surface area contributed by atoms with E-state index in [1.807, 2.05) is 30.3 Å². The van der Waals surface area contributed by atoms with E-state index >= 15 is 0 Å². The van der Waals surface area contributed by atoms with E-state index in [0.29, 0.717) is 5.69 Å². The molecule has 0 saturated carbocycles. The van der Waals surface area contributed by atoms with Crippen LogP contribution in [-0.4, -0.2) is 18.5 Å². The normalized spacial score (nSPS) is 11.0. The molecule has 0 aromatic heterocycles. The molecule has 126 valence electrons. The summed E-state index contributed by atoms with van der Waals surface area (Å²) in [5, 5.41) is 2.39. The van der Waals surface area contributed by atoms with Gasteiger partial charge < -0.3 is 10.1 Å². The van der Waals surface area contributed by atoms with Gasteiger partial charge in [0.1, 0.15) is 5.82 Å². The molecule has 1 N–H and O–H groups in total. The predicted octanol–water partition coefficient (Wildman–Crippen LogP) is 3.94. The highest BCUT2D eigenvalue weighted by atomic mass is 35.5. The summed E-state index contributed by atoms with van der Waals surface area (Å²) in [7, 11) is 0. The number of rotatable bonds is 5. The number of carbonyl (C=O) groups excluding carboxylic acids is 2. The zero-order chi connectivity index (χ0) is 17.7. The summed E-state index contributed by atoms with van der Waals surface area (Å²) in [4.78, 5) is 24.1. The highest BCUT2D eigenvalue weighted by molar-refractivity contribution is 6.31. The molecule has 0 spiro atoms. The van der Waals surface area contributed by atoms with Gasteiger partial charge in [0.25, 0.3) is 5.91 Å². The summed E-state index contributed by atoms with van der Waals surface area (Å²) in [6.45, 7) is 3.01. The Hall–Kier alpha value is -2.40. The van der Waals surface area contributed by atoms with Crippen LogP contribution in [0.3, 0.4) is 0 Å². The van der Waals surface area contributed by atoms with Crippen molar-refractivity contribution in [3.8, 4) is 0 Å². The maximum Gasteiger partial charge on any atom is 0.316 e. The second kappa shape index (κ2) is 7.45. The number of halogens is 2. The van der Waals surface area contributed by atoms with Gasteiger partial charge in [-0.3, -0.25) is 9.59 Å². The molecule has 0 fully saturated rings. The Morgan fingerprint density at radius 2 is 1.83 bits per heavy atom. The fourth-order valence-electron chi connectivity index (χ4n) is 2.06. The van der Waals surface area contributed by atoms with Crippen molar-refractivity contribution >= 4 is 29.2 Å². The minimum absolute atomic E-state index is 0.102. The summed E-state index contributed by atoms with van der Waals surface area (Å²) in [5.41, 5.74) is 0.242. The molecule has 6 heteroatoms. The SMILES string of the molecule is CC(C)(C(=O)OCC(=O)Nc1ccc(F)c(Cl)c1)c1ccccc1. The van der Waals surface area contributed by atoms with Crippen LogP contribution in [0.25, 0.3) is 0 Å². The second-order valence-corrected chi connectivity index (χ2v) is 6.15. The maximum absolute atomic E-state index is 13.1. The van der Waals surface area contributed by atoms with Crippen LogP contribution in [0.4, 0.5) is 10.1 Å². The molecular formula is C18H17ClFNO3. The van der Waals surface area contributed by atoms with E-state index in [1.165, 1.54) is 12.1 Å². The smallest absolute Gasteiger partial charge is 0.316 e. The lowest BCUT2D eigenvalue weighted by atomic mass is 9.85. The molecule has 0 radical (unpaired) electrons. The van der Waals surface area contributed by atoms with Crippen molar-refractivity contribution in [1.29, 1.82) is 0 Å². The predicted molar refractivity (Wildman–Crippen MR) is 90.5 cm³/mol. The van der Waals surface area contributed by atoms with Crippen molar-refractivity contribution in [1.82, 2.24) is 0 Å². The van der Waals surface area contributed by atoms with Gasteiger partial charge in [-0.15, -0.1) is 0 Å². The molecule has 24 heavy (non-hydrogen) atoms. The Morgan fingerprint density at radius 3 is 2.46 bits per heavy atom. The van der Waals surface area contributed by atoms with Crippen LogP contribution in [0.5, 0.6) is 0 Å². The number of anilines is 1. The third-order valence-corrected chi connectivity index (χ3v) is 3.83. The van der Waals surface area contributed by atoms with Crippen LogP contribution in [-0.2, 0) is 19.7 Å². The summed E-state index contributed by atoms with van der Waals surface area (Å²) < 4.78 is 18.2. The van der Waals surface area contributed by atoms with Crippen molar-refractivity contribution in [3.05, 3.63) is 64.9 Å². The van der Waals surface area contributed by atoms with E-state index in [2.05, 4.69) is 5.32 Å². The molecule has 0 aliphatic rings. The third kappa shape index (κ3) is 4.32. The molecule has 0 atom stereocenters. The van der Waals surface area contributed by atoms with Gasteiger partial charge >= 0.3 is 5.97 Å². The van der Waals surface area contributed by atoms with Gasteiger partial charge in [-0.1, -0.05) is 41.9 Å². The molecule has 4 nitrogen and oxygen atoms in total. The Balaban J connectivity index is 1.93. The van der Waals surface area contributed by atoms with E-state index < -0.39 is 29.7 Å². The molecule has 1 amide bonds. The number of nitrogens with one attached hydrogen (secondary N) is 1. The first kappa shape index (κ1) is 17.9. The van der Waals surface area contributed by atoms with Gasteiger partial charge in [-0.05, 0) is 37.6 Å². The lowest BCUT2D eigenvalue weighted by Crippen LogP contribution is -2.33. The maximum atomic E-state index is 13.1. The molecule has 2 aromatic rings. The summed E-state index contributed by atoms with van der Waals surface area (Å²) in [5.74, 6) is -1.62. The Bertz CT molecular complexity index is 747. The lowest BCUT2D eigenvalue weighted by molar-refractivity contribution is -0.152. The van der Waals surface area contributed by atoms with Crippen LogP contribution in [0.15, 0.2) is 48.5 Å². The van der Waals surface area contributed by atoms with Crippen molar-refractivity contribution in [3.63, 3.8) is 0 Å². The number of benzene rings is 2. The third-order valence-electron chi connectivity index (χ3n) is 3.54. The van der Waals surface area contributed by atoms with Gasteiger partial charge in [0.15, 0.2) is 6.61 Å². The minimum atomic E-state index is -0.874. The first-order chi connectivity index (χ1) is 11.3. The zero-order valence-electron chi connectivity index (χ0n) is 13.3. The standard InChI is InChI=1S/C18H17ClFNO3/c1-18(2,12-6-4-3-5-7-12)17(23)24-11-16(22)21-13-8-9-15(20)14(19)10-13/h3-10H,11H2,1-2H3,(H,21,22). The number of hydrogen-bond donors (Lipinski definition) is 1. The van der Waals surface area contributed by atoms with E-state index in [1.54, 1.807) is 13.8 Å². The van der Waals surface area contributed by atoms with Crippen molar-refractivity contribution in [2.45, 2.75) is 19.3 Å². The largest absolute Gasteiger partial charge is 0.455 e. The molecule has 0 aliphatic carbocycles. The van der Waals surface area contributed by atoms with Crippen LogP contribution in [0.2, 0.25) is 5.02 Å². The van der Waals surface area contributed by atoms with E-state index in [-0.39, 0.29) is 5.02 Å². The topological polar surface area (TPSA) is 55.4 Å². The van der Waals surface area contributed by atoms with Gasteiger partial charge in [0.05, 0.1) is 10.4 Å². The molecule has 2 rings (SSSR count). The Labute approximate surface area is 144 Å². The van der Waals surface area contributed by atoms with Crippen LogP contribution in [0, 0.1) is 5.82 Å². The molecule has 2 aromatic carbocycles. The summed E-state index contributed by atoms with van der Waals surface area (Å²) in [6, 6.07) is 12.9. The molecule has 0 aliphatic heterocycles.